The van der Waals surface area contributed by atoms with Crippen LogP contribution in [0.3, 0.4) is 0 Å². The summed E-state index contributed by atoms with van der Waals surface area (Å²) in [5.41, 5.74) is 3.99. The monoisotopic (exact) mass is 472 g/mol. The molecule has 164 valence electrons. The lowest BCUT2D eigenvalue weighted by atomic mass is 10.0. The van der Waals surface area contributed by atoms with Crippen molar-refractivity contribution in [1.29, 1.82) is 0 Å². The van der Waals surface area contributed by atoms with Gasteiger partial charge in [-0.2, -0.15) is 0 Å². The fraction of sp³-hybridized carbons (Fsp3) is 0.0417. The Morgan fingerprint density at radius 1 is 0.844 bits per heavy atom. The highest BCUT2D eigenvalue weighted by molar-refractivity contribution is 6.31. The van der Waals surface area contributed by atoms with Gasteiger partial charge in [-0.3, -0.25) is 0 Å². The standard InChI is InChI=1S/C24H18ClO2.ClHO4/c1-26-21-11-7-17(8-12-21)9-13-24-22(18-5-3-2-4-6-18)16-19-15-20(25)10-14-23(19)27-24;2-1(3,4)5/h2-16H,1H3;(H,2,3,4,5)/q+1;/p-1. The molecule has 4 rings (SSSR count). The van der Waals surface area contributed by atoms with Gasteiger partial charge < -0.3 is 4.74 Å². The Hall–Kier alpha value is -2.97. The SMILES string of the molecule is COc1ccc(C=Cc2[o+]c3ccc(Cl)cc3cc2-c2ccccc2)cc1.[O-][Cl+3]([O-])([O-])[O-]. The molecular formula is C24H18Cl2O6. The van der Waals surface area contributed by atoms with Crippen molar-refractivity contribution < 1.29 is 38.0 Å². The van der Waals surface area contributed by atoms with Crippen molar-refractivity contribution in [3.63, 3.8) is 0 Å². The first kappa shape index (κ1) is 23.7. The molecule has 0 unspecified atom stereocenters. The number of fused-ring (bicyclic) bond motifs is 1. The Balaban J connectivity index is 0.000000523. The minimum absolute atomic E-state index is 0.693. The summed E-state index contributed by atoms with van der Waals surface area (Å²) in [7, 11) is -3.28. The highest BCUT2D eigenvalue weighted by atomic mass is 35.7. The van der Waals surface area contributed by atoms with Gasteiger partial charge in [0.05, 0.1) is 18.1 Å². The summed E-state index contributed by atoms with van der Waals surface area (Å²) >= 11 is 6.16. The lowest BCUT2D eigenvalue weighted by Crippen LogP contribution is -2.68. The first-order valence-corrected chi connectivity index (χ1v) is 10.9. The number of benzene rings is 3. The second-order valence-electron chi connectivity index (χ2n) is 6.56. The Morgan fingerprint density at radius 3 is 2.12 bits per heavy atom. The number of hydrogen-bond donors (Lipinski definition) is 0. The molecule has 0 atom stereocenters. The van der Waals surface area contributed by atoms with E-state index in [-0.39, 0.29) is 0 Å². The minimum Gasteiger partial charge on any atom is -0.497 e. The van der Waals surface area contributed by atoms with Crippen LogP contribution in [0.1, 0.15) is 11.3 Å². The summed E-state index contributed by atoms with van der Waals surface area (Å²) in [6.45, 7) is 0. The smallest absolute Gasteiger partial charge is 0.361 e. The summed E-state index contributed by atoms with van der Waals surface area (Å²) in [5, 5.41) is 1.67. The van der Waals surface area contributed by atoms with E-state index in [9.17, 15) is 0 Å². The van der Waals surface area contributed by atoms with Crippen molar-refractivity contribution in [2.45, 2.75) is 0 Å². The quantitative estimate of drug-likeness (QED) is 0.421. The maximum atomic E-state index is 8.49. The first-order valence-electron chi connectivity index (χ1n) is 9.28. The highest BCUT2D eigenvalue weighted by Crippen LogP contribution is 2.31. The van der Waals surface area contributed by atoms with E-state index in [2.05, 4.69) is 18.2 Å². The fourth-order valence-electron chi connectivity index (χ4n) is 2.98. The lowest BCUT2D eigenvalue weighted by molar-refractivity contribution is -2.00. The third-order valence-corrected chi connectivity index (χ3v) is 4.62. The summed E-state index contributed by atoms with van der Waals surface area (Å²) < 4.78 is 45.4. The van der Waals surface area contributed by atoms with E-state index < -0.39 is 10.2 Å². The largest absolute Gasteiger partial charge is 0.497 e. The van der Waals surface area contributed by atoms with Crippen LogP contribution in [0.25, 0.3) is 34.2 Å². The van der Waals surface area contributed by atoms with Gasteiger partial charge >= 0.3 is 11.3 Å². The number of rotatable bonds is 4. The zero-order chi connectivity index (χ0) is 23.1. The van der Waals surface area contributed by atoms with Crippen LogP contribution in [-0.2, 0) is 0 Å². The Labute approximate surface area is 191 Å². The summed E-state index contributed by atoms with van der Waals surface area (Å²) in [6.07, 6.45) is 4.03. The maximum Gasteiger partial charge on any atom is 0.361 e. The molecular weight excluding hydrogens is 455 g/mol. The van der Waals surface area contributed by atoms with Crippen molar-refractivity contribution in [2.75, 3.05) is 7.11 Å². The van der Waals surface area contributed by atoms with Crippen molar-refractivity contribution in [2.24, 2.45) is 0 Å². The highest BCUT2D eigenvalue weighted by Gasteiger charge is 2.18. The second-order valence-corrected chi connectivity index (χ2v) is 7.75. The van der Waals surface area contributed by atoms with Gasteiger partial charge in [0.25, 0.3) is 0 Å². The van der Waals surface area contributed by atoms with E-state index in [0.717, 1.165) is 39.2 Å². The lowest BCUT2D eigenvalue weighted by Gasteiger charge is -2.17. The van der Waals surface area contributed by atoms with E-state index in [0.29, 0.717) is 5.02 Å². The van der Waals surface area contributed by atoms with Gasteiger partial charge in [0, 0.05) is 17.2 Å². The van der Waals surface area contributed by atoms with Crippen LogP contribution >= 0.6 is 11.6 Å². The van der Waals surface area contributed by atoms with Crippen LogP contribution in [0.15, 0.2) is 83.3 Å². The predicted molar refractivity (Wildman–Crippen MR) is 113 cm³/mol. The first-order chi connectivity index (χ1) is 15.2. The molecule has 0 aliphatic carbocycles. The molecule has 4 aromatic rings. The van der Waals surface area contributed by atoms with Crippen LogP contribution < -0.4 is 23.4 Å². The van der Waals surface area contributed by atoms with Gasteiger partial charge in [-0.25, -0.2) is 23.1 Å². The zero-order valence-corrected chi connectivity index (χ0v) is 18.4. The van der Waals surface area contributed by atoms with Crippen molar-refractivity contribution in [3.05, 3.63) is 95.2 Å². The molecule has 3 aromatic carbocycles. The molecule has 0 fully saturated rings. The topological polar surface area (TPSA) is 113 Å². The van der Waals surface area contributed by atoms with Crippen LogP contribution in [0.2, 0.25) is 5.02 Å². The Bertz CT molecular complexity index is 1200. The third kappa shape index (κ3) is 7.03. The molecule has 0 bridgehead atoms. The third-order valence-electron chi connectivity index (χ3n) is 4.38. The molecule has 6 nitrogen and oxygen atoms in total. The molecule has 0 N–H and O–H groups in total. The van der Waals surface area contributed by atoms with Crippen LogP contribution in [-0.4, -0.2) is 7.11 Å². The molecule has 8 heteroatoms. The van der Waals surface area contributed by atoms with E-state index in [1.54, 1.807) is 7.11 Å². The number of methoxy groups -OCH3 is 1. The number of halogens is 2. The maximum absolute atomic E-state index is 8.49. The van der Waals surface area contributed by atoms with Crippen LogP contribution in [0.5, 0.6) is 5.75 Å². The van der Waals surface area contributed by atoms with Gasteiger partial charge in [-0.1, -0.05) is 54.1 Å². The van der Waals surface area contributed by atoms with Gasteiger partial charge in [0.2, 0.25) is 0 Å². The molecule has 32 heavy (non-hydrogen) atoms. The summed E-state index contributed by atoms with van der Waals surface area (Å²) in [4.78, 5) is 0. The van der Waals surface area contributed by atoms with Gasteiger partial charge in [-0.15, -0.1) is 10.2 Å². The number of hydrogen-bond acceptors (Lipinski definition) is 5. The van der Waals surface area contributed by atoms with E-state index >= 15 is 0 Å². The predicted octanol–water partition coefficient (Wildman–Crippen LogP) is 2.46. The minimum atomic E-state index is -4.94. The molecule has 0 spiro atoms. The second kappa shape index (κ2) is 10.6. The fourth-order valence-corrected chi connectivity index (χ4v) is 3.16. The molecule has 0 amide bonds. The van der Waals surface area contributed by atoms with Gasteiger partial charge in [0.1, 0.15) is 5.75 Å². The molecule has 0 aliphatic heterocycles. The van der Waals surface area contributed by atoms with E-state index in [1.165, 1.54) is 0 Å². The van der Waals surface area contributed by atoms with Crippen LogP contribution in [0.4, 0.5) is 0 Å². The van der Waals surface area contributed by atoms with Gasteiger partial charge in [-0.05, 0) is 47.5 Å². The molecule has 0 aliphatic rings. The van der Waals surface area contributed by atoms with E-state index in [4.69, 9.17) is 39.4 Å². The Kier molecular flexibility index (Phi) is 7.82. The summed E-state index contributed by atoms with van der Waals surface area (Å²) in [6, 6.07) is 25.9. The van der Waals surface area contributed by atoms with Crippen LogP contribution in [0, 0.1) is 10.2 Å². The molecule has 1 aromatic heterocycles. The molecule has 0 radical (unpaired) electrons. The van der Waals surface area contributed by atoms with Gasteiger partial charge in [0.15, 0.2) is 0 Å². The van der Waals surface area contributed by atoms with Crippen molar-refractivity contribution in [1.82, 2.24) is 0 Å². The zero-order valence-electron chi connectivity index (χ0n) is 16.9. The molecule has 1 heterocycles. The van der Waals surface area contributed by atoms with Crippen molar-refractivity contribution in [3.8, 4) is 16.9 Å². The molecule has 0 saturated carbocycles. The normalized spacial score (nSPS) is 11.3. The average Bonchev–Trinajstić information content (AvgIpc) is 2.77. The average molecular weight is 473 g/mol. The van der Waals surface area contributed by atoms with Crippen molar-refractivity contribution >= 4 is 34.7 Å². The van der Waals surface area contributed by atoms with E-state index in [1.807, 2.05) is 72.8 Å². The number of ether oxygens (including phenoxy) is 1. The summed E-state index contributed by atoms with van der Waals surface area (Å²) in [5.74, 6) is 1.64. The Morgan fingerprint density at radius 2 is 1.50 bits per heavy atom. The molecule has 0 saturated heterocycles.